The zero-order chi connectivity index (χ0) is 16.6. The van der Waals surface area contributed by atoms with Crippen LogP contribution < -0.4 is 9.47 Å². The molecule has 0 unspecified atom stereocenters. The monoisotopic (exact) mass is 512 g/mol. The largest absolute Gasteiger partial charge is 0.524 e. The molecule has 0 N–H and O–H groups in total. The topological polar surface area (TPSA) is 18.5 Å². The number of rotatable bonds is 0. The molecule has 129 valence electrons. The summed E-state index contributed by atoms with van der Waals surface area (Å²) in [5.41, 5.74) is 2.22. The Kier molecular flexibility index (Phi) is 4.68. The van der Waals surface area contributed by atoms with Crippen LogP contribution in [-0.4, -0.2) is 13.2 Å². The van der Waals surface area contributed by atoms with Gasteiger partial charge in [0.2, 0.25) is 0 Å². The fourth-order valence-electron chi connectivity index (χ4n) is 3.60. The van der Waals surface area contributed by atoms with Gasteiger partial charge in [-0.1, -0.05) is 60.7 Å². The van der Waals surface area contributed by atoms with E-state index in [1.807, 2.05) is 6.42 Å². The number of hydrogen-bond donors (Lipinski definition) is 0. The molecule has 0 fully saturated rings. The van der Waals surface area contributed by atoms with Crippen LogP contribution in [0.3, 0.4) is 0 Å². The van der Waals surface area contributed by atoms with Crippen LogP contribution in [-0.2, 0) is 20.4 Å². The first-order chi connectivity index (χ1) is 12.4. The van der Waals surface area contributed by atoms with Gasteiger partial charge < -0.3 is 9.47 Å². The van der Waals surface area contributed by atoms with Crippen molar-refractivity contribution in [2.24, 2.45) is 0 Å². The number of fused-ring (bicyclic) bond motifs is 7. The minimum atomic E-state index is 0. The van der Waals surface area contributed by atoms with Crippen molar-refractivity contribution in [3.63, 3.8) is 0 Å². The van der Waals surface area contributed by atoms with Gasteiger partial charge in [-0.3, -0.25) is 6.42 Å². The molecule has 0 aliphatic carbocycles. The smallest absolute Gasteiger partial charge is 0.123 e. The fourth-order valence-corrected chi connectivity index (χ4v) is 3.60. The molecule has 0 atom stereocenters. The molecule has 0 aromatic heterocycles. The van der Waals surface area contributed by atoms with E-state index in [2.05, 4.69) is 72.8 Å². The number of hydrogen-bond acceptors (Lipinski definition) is 2. The standard InChI is InChI=1S/C23H17O2.Re/c1-3-8-18-16(6-1)10-12-20-22(18)23-19-9-4-2-7-17(19)11-13-21(23)25-15-5-14-24-20;/h1-13H,14-15H2;/q-1;. The quantitative estimate of drug-likeness (QED) is 0.285. The summed E-state index contributed by atoms with van der Waals surface area (Å²) in [4.78, 5) is 0. The van der Waals surface area contributed by atoms with Crippen LogP contribution in [0.2, 0.25) is 0 Å². The van der Waals surface area contributed by atoms with Gasteiger partial charge in [0.15, 0.2) is 0 Å². The molecule has 1 aliphatic rings. The van der Waals surface area contributed by atoms with Crippen molar-refractivity contribution in [3.8, 4) is 22.6 Å². The molecule has 3 heteroatoms. The normalized spacial score (nSPS) is 13.2. The van der Waals surface area contributed by atoms with E-state index >= 15 is 0 Å². The Morgan fingerprint density at radius 1 is 0.577 bits per heavy atom. The third-order valence-corrected chi connectivity index (χ3v) is 4.74. The van der Waals surface area contributed by atoms with Gasteiger partial charge >= 0.3 is 0 Å². The van der Waals surface area contributed by atoms with E-state index in [1.165, 1.54) is 21.5 Å². The van der Waals surface area contributed by atoms with Crippen LogP contribution in [0.4, 0.5) is 0 Å². The Balaban J connectivity index is 0.00000168. The van der Waals surface area contributed by atoms with E-state index in [0.717, 1.165) is 22.6 Å². The second kappa shape index (κ2) is 7.11. The average Bonchev–Trinajstić information content (AvgIpc) is 2.76. The van der Waals surface area contributed by atoms with Crippen LogP contribution in [0.15, 0.2) is 72.8 Å². The summed E-state index contributed by atoms with van der Waals surface area (Å²) in [6, 6.07) is 25.3. The predicted octanol–water partition coefficient (Wildman–Crippen LogP) is 5.63. The Morgan fingerprint density at radius 2 is 1.04 bits per heavy atom. The van der Waals surface area contributed by atoms with Crippen LogP contribution in [0.1, 0.15) is 0 Å². The van der Waals surface area contributed by atoms with Crippen molar-refractivity contribution in [2.75, 3.05) is 13.2 Å². The molecule has 4 aromatic rings. The first-order valence-electron chi connectivity index (χ1n) is 8.53. The van der Waals surface area contributed by atoms with Crippen molar-refractivity contribution in [1.82, 2.24) is 0 Å². The summed E-state index contributed by atoms with van der Waals surface area (Å²) < 4.78 is 12.2. The van der Waals surface area contributed by atoms with Crippen molar-refractivity contribution in [3.05, 3.63) is 79.2 Å². The van der Waals surface area contributed by atoms with Gasteiger partial charge in [0.05, 0.1) is 0 Å². The van der Waals surface area contributed by atoms with Crippen molar-refractivity contribution >= 4 is 21.5 Å². The summed E-state index contributed by atoms with van der Waals surface area (Å²) in [5, 5.41) is 4.77. The maximum Gasteiger partial charge on any atom is 0.123 e. The summed E-state index contributed by atoms with van der Waals surface area (Å²) in [6.07, 6.45) is 2.02. The Labute approximate surface area is 166 Å². The molecule has 5 rings (SSSR count). The molecule has 0 spiro atoms. The van der Waals surface area contributed by atoms with Gasteiger partial charge in [-0.15, -0.1) is 0 Å². The first kappa shape index (κ1) is 17.1. The number of benzene rings is 4. The van der Waals surface area contributed by atoms with Gasteiger partial charge in [-0.2, -0.15) is 0 Å². The van der Waals surface area contributed by atoms with Gasteiger partial charge in [0, 0.05) is 31.5 Å². The molecule has 26 heavy (non-hydrogen) atoms. The van der Waals surface area contributed by atoms with E-state index in [9.17, 15) is 0 Å². The van der Waals surface area contributed by atoms with Crippen molar-refractivity contribution < 1.29 is 29.9 Å². The molecule has 1 heterocycles. The minimum Gasteiger partial charge on any atom is -0.524 e. The molecule has 0 bridgehead atoms. The number of ether oxygens (including phenoxy) is 2. The predicted molar refractivity (Wildman–Crippen MR) is 102 cm³/mol. The molecule has 1 aliphatic heterocycles. The summed E-state index contributed by atoms with van der Waals surface area (Å²) >= 11 is 0. The van der Waals surface area contributed by atoms with Crippen LogP contribution in [0.5, 0.6) is 11.5 Å². The zero-order valence-electron chi connectivity index (χ0n) is 14.1. The average molecular weight is 512 g/mol. The Bertz CT molecular complexity index is 1000. The van der Waals surface area contributed by atoms with Gasteiger partial charge in [0.25, 0.3) is 0 Å². The Hall–Kier alpha value is -2.34. The Morgan fingerprint density at radius 3 is 1.54 bits per heavy atom. The van der Waals surface area contributed by atoms with Gasteiger partial charge in [-0.05, 0) is 46.9 Å². The summed E-state index contributed by atoms with van der Waals surface area (Å²) in [6.45, 7) is 1.08. The molecule has 1 radical (unpaired) electrons. The zero-order valence-corrected chi connectivity index (χ0v) is 16.8. The first-order valence-corrected chi connectivity index (χ1v) is 8.53. The van der Waals surface area contributed by atoms with Crippen LogP contribution >= 0.6 is 0 Å². The van der Waals surface area contributed by atoms with Crippen LogP contribution in [0, 0.1) is 6.42 Å². The molecule has 2 nitrogen and oxygen atoms in total. The van der Waals surface area contributed by atoms with E-state index in [1.54, 1.807) is 0 Å². The summed E-state index contributed by atoms with van der Waals surface area (Å²) in [7, 11) is 0. The van der Waals surface area contributed by atoms with Crippen LogP contribution in [0.25, 0.3) is 32.7 Å². The van der Waals surface area contributed by atoms with Crippen molar-refractivity contribution in [1.29, 1.82) is 0 Å². The van der Waals surface area contributed by atoms with E-state index in [-0.39, 0.29) is 20.4 Å². The third kappa shape index (κ3) is 2.78. The molecule has 0 amide bonds. The van der Waals surface area contributed by atoms with E-state index < -0.39 is 0 Å². The third-order valence-electron chi connectivity index (χ3n) is 4.74. The van der Waals surface area contributed by atoms with Crippen molar-refractivity contribution in [2.45, 2.75) is 0 Å². The second-order valence-corrected chi connectivity index (χ2v) is 6.23. The molecular formula is C23H17O2Re-. The molecule has 0 saturated carbocycles. The maximum absolute atomic E-state index is 6.09. The fraction of sp³-hybridized carbons (Fsp3) is 0.0870. The maximum atomic E-state index is 6.09. The summed E-state index contributed by atoms with van der Waals surface area (Å²) in [5.74, 6) is 1.80. The SMILES string of the molecule is [Re].c1ccc2c3c(ccc2c1)OC[CH-]COc1ccc2ccccc2c1-3. The van der Waals surface area contributed by atoms with E-state index in [4.69, 9.17) is 9.47 Å². The molecular weight excluding hydrogens is 494 g/mol. The van der Waals surface area contributed by atoms with E-state index in [0.29, 0.717) is 13.2 Å². The van der Waals surface area contributed by atoms with Gasteiger partial charge in [0.1, 0.15) is 11.5 Å². The molecule has 4 aromatic carbocycles. The second-order valence-electron chi connectivity index (χ2n) is 6.23. The molecule has 0 saturated heterocycles. The minimum absolute atomic E-state index is 0. The van der Waals surface area contributed by atoms with Gasteiger partial charge in [-0.25, -0.2) is 0 Å².